The molecule has 5 N–H and O–H groups in total. The monoisotopic (exact) mass is 1290 g/mol. The summed E-state index contributed by atoms with van der Waals surface area (Å²) in [4.78, 5) is 118. The molecule has 2 aromatic carbocycles. The maximum atomic E-state index is 14.8. The van der Waals surface area contributed by atoms with Crippen molar-refractivity contribution in [2.75, 3.05) is 32.2 Å². The zero-order valence-electron chi connectivity index (χ0n) is 50.5. The van der Waals surface area contributed by atoms with E-state index in [-0.39, 0.29) is 98.9 Å². The summed E-state index contributed by atoms with van der Waals surface area (Å²) in [5.41, 5.74) is 2.75. The smallest absolute Gasteiger partial charge is 0.319 e. The van der Waals surface area contributed by atoms with Crippen LogP contribution in [-0.4, -0.2) is 141 Å². The van der Waals surface area contributed by atoms with Crippen molar-refractivity contribution in [3.63, 3.8) is 0 Å². The first-order chi connectivity index (χ1) is 42.9. The number of aromatic nitrogens is 9. The van der Waals surface area contributed by atoms with Gasteiger partial charge in [-0.15, -0.1) is 16.4 Å². The summed E-state index contributed by atoms with van der Waals surface area (Å²) in [7, 11) is 4.41. The van der Waals surface area contributed by atoms with Gasteiger partial charge in [-0.05, 0) is 72.9 Å². The Balaban J connectivity index is 0.768. The first-order valence-corrected chi connectivity index (χ1v) is 30.8. The lowest BCUT2D eigenvalue weighted by Crippen LogP contribution is -2.59. The predicted molar refractivity (Wildman–Crippen MR) is 330 cm³/mol. The van der Waals surface area contributed by atoms with E-state index < -0.39 is 76.5 Å². The van der Waals surface area contributed by atoms with Crippen LogP contribution in [0.5, 0.6) is 11.9 Å². The van der Waals surface area contributed by atoms with E-state index >= 15 is 0 Å². The molecule has 6 amide bonds. The summed E-state index contributed by atoms with van der Waals surface area (Å²) in [5, 5.41) is 31.4. The molecule has 5 atom stereocenters. The number of rotatable bonds is 24. The average Bonchev–Trinajstić information content (AvgIpc) is 1.56. The molecule has 5 aromatic heterocycles. The number of pyridine rings is 1. The Bertz CT molecular complexity index is 3920. The minimum atomic E-state index is -2.05. The van der Waals surface area contributed by atoms with Gasteiger partial charge in [0.15, 0.2) is 11.4 Å². The van der Waals surface area contributed by atoms with Crippen molar-refractivity contribution in [1.29, 1.82) is 0 Å². The average molecular weight is 1290 g/mol. The number of halogens is 3. The number of anilines is 1. The maximum absolute atomic E-state index is 14.8. The molecule has 25 nitrogen and oxygen atoms in total. The Morgan fingerprint density at radius 1 is 0.911 bits per heavy atom. The van der Waals surface area contributed by atoms with E-state index in [1.165, 1.54) is 58.4 Å². The zero-order valence-corrected chi connectivity index (χ0v) is 52.8. The van der Waals surface area contributed by atoms with Crippen LogP contribution in [0, 0.1) is 12.3 Å². The summed E-state index contributed by atoms with van der Waals surface area (Å²) in [6, 6.07) is 11.6. The third-order valence-corrected chi connectivity index (χ3v) is 17.4. The fourth-order valence-corrected chi connectivity index (χ4v) is 12.3. The number of benzene rings is 2. The first-order valence-electron chi connectivity index (χ1n) is 29.2. The second-order valence-electron chi connectivity index (χ2n) is 23.5. The number of aliphatic hydroxyl groups excluding tert-OH is 1. The molecule has 474 valence electrons. The quantitative estimate of drug-likeness (QED) is 0.0435. The molecule has 29 heteroatoms. The van der Waals surface area contributed by atoms with Gasteiger partial charge < -0.3 is 49.9 Å². The highest BCUT2D eigenvalue weighted by Gasteiger charge is 2.54. The van der Waals surface area contributed by atoms with E-state index in [0.717, 1.165) is 16.1 Å². The molecule has 1 saturated carbocycles. The van der Waals surface area contributed by atoms with Gasteiger partial charge in [0.05, 0.1) is 77.9 Å². The Kier molecular flexibility index (Phi) is 19.2. The fraction of sp³-hybridized carbons (Fsp3) is 0.426. The van der Waals surface area contributed by atoms with E-state index in [9.17, 15) is 43.1 Å². The van der Waals surface area contributed by atoms with Crippen LogP contribution in [0.3, 0.4) is 0 Å². The number of β-amino-alcohol motifs (C(OH)–C–C–N with tert-alkyl or cyclic N) is 1. The normalized spacial score (nSPS) is 17.4. The topological polar surface area (TPSA) is 305 Å². The van der Waals surface area contributed by atoms with Gasteiger partial charge in [-0.3, -0.25) is 43.1 Å². The van der Waals surface area contributed by atoms with Crippen LogP contribution >= 0.6 is 34.5 Å². The molecule has 10 rings (SSSR count). The van der Waals surface area contributed by atoms with Gasteiger partial charge in [0.2, 0.25) is 29.5 Å². The molecule has 2 aliphatic heterocycles. The second kappa shape index (κ2) is 26.8. The van der Waals surface area contributed by atoms with Crippen LogP contribution in [0.15, 0.2) is 83.5 Å². The van der Waals surface area contributed by atoms with Gasteiger partial charge in [0.1, 0.15) is 35.3 Å². The van der Waals surface area contributed by atoms with E-state index in [4.69, 9.17) is 37.7 Å². The van der Waals surface area contributed by atoms with Gasteiger partial charge in [-0.2, -0.15) is 4.98 Å². The van der Waals surface area contributed by atoms with Crippen molar-refractivity contribution in [1.82, 2.24) is 70.2 Å². The number of methoxy groups -OCH3 is 2. The lowest BCUT2D eigenvalue weighted by Gasteiger charge is -2.36. The summed E-state index contributed by atoms with van der Waals surface area (Å²) >= 11 is 14.3. The summed E-state index contributed by atoms with van der Waals surface area (Å²) < 4.78 is 30.6. The molecule has 1 saturated heterocycles. The van der Waals surface area contributed by atoms with Gasteiger partial charge in [-0.1, -0.05) is 85.6 Å². The first kappa shape index (κ1) is 64.3. The lowest BCUT2D eigenvalue weighted by molar-refractivity contribution is -0.145. The zero-order chi connectivity index (χ0) is 64.3. The van der Waals surface area contributed by atoms with Gasteiger partial charge >= 0.3 is 6.01 Å². The highest BCUT2D eigenvalue weighted by Crippen LogP contribution is 2.45. The van der Waals surface area contributed by atoms with Crippen LogP contribution in [0.1, 0.15) is 116 Å². The number of imidazole rings is 1. The van der Waals surface area contributed by atoms with Crippen LogP contribution in [0.2, 0.25) is 10.0 Å². The molecule has 7 aromatic rings. The molecule has 0 bridgehead atoms. The summed E-state index contributed by atoms with van der Waals surface area (Å²) in [5.74, 6) is -2.99. The van der Waals surface area contributed by atoms with E-state index in [2.05, 4.69) is 46.5 Å². The molecule has 90 heavy (non-hydrogen) atoms. The number of aliphatic hydroxyl groups is 1. The Morgan fingerprint density at radius 3 is 2.33 bits per heavy atom. The number of carbonyl (C=O) groups excluding carboxylic acids is 6. The summed E-state index contributed by atoms with van der Waals surface area (Å²) in [6.07, 6.45) is 4.09. The lowest BCUT2D eigenvalue weighted by atomic mass is 9.85. The van der Waals surface area contributed by atoms with Crippen molar-refractivity contribution < 1.29 is 47.7 Å². The van der Waals surface area contributed by atoms with Crippen molar-refractivity contribution in [2.45, 2.75) is 128 Å². The standard InChI is InChI=1S/C61H68Cl2FN15O10S/c1-33-50(90-32-68-33)36-13-11-34(12-14-36)42(69-53(83)43-25-40(80)31-78(43)57(86)51(60(2,3)4)71-58(87)61(64)19-20-61)26-46(82)65-21-8-10-45(81)66-27-39-30-76(74-73-39)22-9-23-77-49-47(70-52(77)41-28-67-59(89-7)72-54(41)88-6)56(85)79(44-24-38(63)29-75(5)55(44)84)48(49)35-15-17-37(62)18-16-35/h11-18,24,28-30,32,40,42-43,48,51,80H,8-10,19-23,25-27,31H2,1-7H3,(H,65,82)(H,66,81)(H,69,83)(H,71,87)/t40-,42+,43+,48-,51-/m1/s1. The number of fused-ring (bicyclic) bond motifs is 1. The molecular formula is C61H68Cl2FN15O10S. The van der Waals surface area contributed by atoms with Crippen molar-refractivity contribution in [3.05, 3.63) is 133 Å². The van der Waals surface area contributed by atoms with Crippen LogP contribution < -0.4 is 41.2 Å². The molecule has 7 heterocycles. The number of ether oxygens (including phenoxy) is 2. The predicted octanol–water partition coefficient (Wildman–Crippen LogP) is 5.98. The summed E-state index contributed by atoms with van der Waals surface area (Å²) in [6.45, 7) is 7.60. The van der Waals surface area contributed by atoms with E-state index in [1.807, 2.05) is 23.6 Å². The number of carbonyl (C=O) groups is 6. The Hall–Kier alpha value is -8.66. The maximum Gasteiger partial charge on any atom is 0.319 e. The highest BCUT2D eigenvalue weighted by atomic mass is 35.5. The Morgan fingerprint density at radius 2 is 1.66 bits per heavy atom. The number of thiazole rings is 1. The third-order valence-electron chi connectivity index (χ3n) is 16.0. The molecule has 0 spiro atoms. The van der Waals surface area contributed by atoms with E-state index in [0.29, 0.717) is 51.9 Å². The minimum absolute atomic E-state index is 0.0453. The second-order valence-corrected chi connectivity index (χ2v) is 25.3. The number of nitrogens with one attached hydrogen (secondary N) is 4. The van der Waals surface area contributed by atoms with Gasteiger partial charge in [-0.25, -0.2) is 19.3 Å². The number of likely N-dealkylation sites (tertiary alicyclic amines) is 1. The number of amides is 6. The molecular weight excluding hydrogens is 1220 g/mol. The van der Waals surface area contributed by atoms with Gasteiger partial charge in [0.25, 0.3) is 17.4 Å². The molecule has 0 unspecified atom stereocenters. The van der Waals surface area contributed by atoms with Crippen molar-refractivity contribution in [2.24, 2.45) is 12.5 Å². The number of hydrogen-bond acceptors (Lipinski definition) is 17. The minimum Gasteiger partial charge on any atom is -0.480 e. The van der Waals surface area contributed by atoms with Crippen LogP contribution in [0.4, 0.5) is 10.1 Å². The molecule has 0 radical (unpaired) electrons. The van der Waals surface area contributed by atoms with Crippen LogP contribution in [0.25, 0.3) is 21.8 Å². The van der Waals surface area contributed by atoms with Crippen LogP contribution in [-0.2, 0) is 50.7 Å². The van der Waals surface area contributed by atoms with Crippen molar-refractivity contribution >= 4 is 75.7 Å². The highest BCUT2D eigenvalue weighted by molar-refractivity contribution is 7.13. The molecule has 3 aliphatic rings. The third kappa shape index (κ3) is 14.0. The largest absolute Gasteiger partial charge is 0.480 e. The van der Waals surface area contributed by atoms with E-state index in [1.54, 1.807) is 80.6 Å². The number of alkyl halides is 1. The number of nitrogens with zero attached hydrogens (tertiary/aromatic N) is 11. The molecule has 1 aliphatic carbocycles. The Labute approximate surface area is 530 Å². The fourth-order valence-electron chi connectivity index (χ4n) is 11.1. The van der Waals surface area contributed by atoms with Gasteiger partial charge in [0, 0.05) is 63.5 Å². The number of aryl methyl sites for hydroxylation is 3. The molecule has 2 fully saturated rings. The SMILES string of the molecule is COc1ncc(-c2nc3c(n2CCCn2cc(CNC(=O)CCCNC(=O)C[C@H](NC(=O)[C@@H]4C[C@@H](O)CN4C(=O)[C@@H](NC(=O)C4(F)CC4)C(C)(C)C)c4ccc(-c5scnc5C)cc4)nn2)[C@@H](c2ccc(Cl)cc2)N(c2cc(Cl)cn(C)c2=O)C3=O)c(OC)n1. The number of hydrogen-bond donors (Lipinski definition) is 5. The van der Waals surface area contributed by atoms with Crippen molar-refractivity contribution in [3.8, 4) is 33.7 Å².